The number of nitrogens with one attached hydrogen (secondary N) is 2. The number of carbonyl (C=O) groups is 1. The van der Waals surface area contributed by atoms with Gasteiger partial charge in [0.2, 0.25) is 0 Å². The molecule has 23 heavy (non-hydrogen) atoms. The standard InChI is InChI=1S/C17H25FN2O3/c1-17(2,3)23-16(21)19-12-7-8-13(18)14(9-12)20-15(10-22-4)11-5-6-11/h7-9,11,15,20H,5-6,10H2,1-4H3,(H,19,21). The highest BCUT2D eigenvalue weighted by atomic mass is 19.1. The quantitative estimate of drug-likeness (QED) is 0.830. The van der Waals surface area contributed by atoms with Crippen molar-refractivity contribution in [1.82, 2.24) is 0 Å². The van der Waals surface area contributed by atoms with Crippen LogP contribution in [0.25, 0.3) is 0 Å². The molecule has 1 atom stereocenters. The Hall–Kier alpha value is -1.82. The molecule has 5 nitrogen and oxygen atoms in total. The molecule has 1 aliphatic rings. The highest BCUT2D eigenvalue weighted by Gasteiger charge is 2.31. The molecular weight excluding hydrogens is 299 g/mol. The molecule has 0 heterocycles. The molecule has 1 aromatic carbocycles. The Balaban J connectivity index is 2.04. The number of carbonyl (C=O) groups excluding carboxylic acids is 1. The van der Waals surface area contributed by atoms with Crippen molar-refractivity contribution in [1.29, 1.82) is 0 Å². The van der Waals surface area contributed by atoms with E-state index in [0.29, 0.717) is 23.9 Å². The Morgan fingerprint density at radius 1 is 1.39 bits per heavy atom. The second kappa shape index (κ2) is 7.17. The van der Waals surface area contributed by atoms with Gasteiger partial charge in [-0.3, -0.25) is 5.32 Å². The van der Waals surface area contributed by atoms with Gasteiger partial charge in [-0.1, -0.05) is 0 Å². The van der Waals surface area contributed by atoms with E-state index < -0.39 is 11.7 Å². The fourth-order valence-electron chi connectivity index (χ4n) is 2.31. The van der Waals surface area contributed by atoms with Gasteiger partial charge in [0.05, 0.1) is 18.3 Å². The van der Waals surface area contributed by atoms with Crippen LogP contribution in [0.3, 0.4) is 0 Å². The molecule has 0 radical (unpaired) electrons. The van der Waals surface area contributed by atoms with Gasteiger partial charge in [-0.25, -0.2) is 9.18 Å². The minimum Gasteiger partial charge on any atom is -0.444 e. The topological polar surface area (TPSA) is 59.6 Å². The van der Waals surface area contributed by atoms with Gasteiger partial charge >= 0.3 is 6.09 Å². The van der Waals surface area contributed by atoms with E-state index in [4.69, 9.17) is 9.47 Å². The zero-order valence-electron chi connectivity index (χ0n) is 14.1. The highest BCUT2D eigenvalue weighted by molar-refractivity contribution is 5.85. The van der Waals surface area contributed by atoms with Gasteiger partial charge in [0.1, 0.15) is 11.4 Å². The van der Waals surface area contributed by atoms with Crippen molar-refractivity contribution in [2.75, 3.05) is 24.4 Å². The summed E-state index contributed by atoms with van der Waals surface area (Å²) in [4.78, 5) is 11.8. The van der Waals surface area contributed by atoms with Crippen LogP contribution in [0.4, 0.5) is 20.6 Å². The third-order valence-corrected chi connectivity index (χ3v) is 3.49. The van der Waals surface area contributed by atoms with E-state index in [1.807, 2.05) is 0 Å². The SMILES string of the molecule is COCC(Nc1cc(NC(=O)OC(C)(C)C)ccc1F)C1CC1. The van der Waals surface area contributed by atoms with Gasteiger partial charge < -0.3 is 14.8 Å². The smallest absolute Gasteiger partial charge is 0.412 e. The van der Waals surface area contributed by atoms with E-state index in [-0.39, 0.29) is 11.9 Å². The van der Waals surface area contributed by atoms with Crippen LogP contribution in [0, 0.1) is 11.7 Å². The fourth-order valence-corrected chi connectivity index (χ4v) is 2.31. The minimum absolute atomic E-state index is 0.0753. The van der Waals surface area contributed by atoms with Crippen LogP contribution in [0.15, 0.2) is 18.2 Å². The molecule has 0 bridgehead atoms. The third-order valence-electron chi connectivity index (χ3n) is 3.49. The largest absolute Gasteiger partial charge is 0.444 e. The maximum absolute atomic E-state index is 14.0. The van der Waals surface area contributed by atoms with Crippen molar-refractivity contribution in [3.05, 3.63) is 24.0 Å². The Morgan fingerprint density at radius 2 is 2.09 bits per heavy atom. The Bertz CT molecular complexity index is 553. The monoisotopic (exact) mass is 324 g/mol. The van der Waals surface area contributed by atoms with Crippen LogP contribution in [-0.2, 0) is 9.47 Å². The van der Waals surface area contributed by atoms with Crippen molar-refractivity contribution in [2.45, 2.75) is 45.3 Å². The number of methoxy groups -OCH3 is 1. The second-order valence-corrected chi connectivity index (χ2v) is 6.87. The summed E-state index contributed by atoms with van der Waals surface area (Å²) in [5, 5.41) is 5.80. The molecule has 0 aromatic heterocycles. The summed E-state index contributed by atoms with van der Waals surface area (Å²) in [7, 11) is 1.63. The number of ether oxygens (including phenoxy) is 2. The maximum atomic E-state index is 14.0. The van der Waals surface area contributed by atoms with Crippen molar-refractivity contribution in [3.63, 3.8) is 0 Å². The zero-order chi connectivity index (χ0) is 17.0. The molecule has 2 rings (SSSR count). The number of hydrogen-bond acceptors (Lipinski definition) is 4. The summed E-state index contributed by atoms with van der Waals surface area (Å²) < 4.78 is 24.4. The summed E-state index contributed by atoms with van der Waals surface area (Å²) in [6.07, 6.45) is 1.68. The molecule has 1 unspecified atom stereocenters. The summed E-state index contributed by atoms with van der Waals surface area (Å²) >= 11 is 0. The summed E-state index contributed by atoms with van der Waals surface area (Å²) in [5.74, 6) is 0.151. The van der Waals surface area contributed by atoms with Gasteiger partial charge in [-0.05, 0) is 57.7 Å². The van der Waals surface area contributed by atoms with Crippen molar-refractivity contribution >= 4 is 17.5 Å². The van der Waals surface area contributed by atoms with Crippen molar-refractivity contribution < 1.29 is 18.7 Å². The van der Waals surface area contributed by atoms with Crippen LogP contribution in [0.2, 0.25) is 0 Å². The predicted molar refractivity (Wildman–Crippen MR) is 88.3 cm³/mol. The predicted octanol–water partition coefficient (Wildman–Crippen LogP) is 4.01. The van der Waals surface area contributed by atoms with Crippen molar-refractivity contribution in [3.8, 4) is 0 Å². The number of amides is 1. The highest BCUT2D eigenvalue weighted by Crippen LogP contribution is 2.35. The van der Waals surface area contributed by atoms with E-state index in [1.165, 1.54) is 12.1 Å². The number of halogens is 1. The number of rotatable bonds is 6. The van der Waals surface area contributed by atoms with Crippen LogP contribution >= 0.6 is 0 Å². The molecule has 1 saturated carbocycles. The van der Waals surface area contributed by atoms with Gasteiger partial charge in [0, 0.05) is 12.8 Å². The molecule has 128 valence electrons. The van der Waals surface area contributed by atoms with Crippen LogP contribution in [0.1, 0.15) is 33.6 Å². The lowest BCUT2D eigenvalue weighted by Gasteiger charge is -2.21. The van der Waals surface area contributed by atoms with E-state index >= 15 is 0 Å². The minimum atomic E-state index is -0.583. The molecule has 1 fully saturated rings. The first kappa shape index (κ1) is 17.5. The number of anilines is 2. The van der Waals surface area contributed by atoms with E-state index in [9.17, 15) is 9.18 Å². The molecule has 0 aliphatic heterocycles. The Morgan fingerprint density at radius 3 is 2.65 bits per heavy atom. The average Bonchev–Trinajstić information content (AvgIpc) is 3.24. The van der Waals surface area contributed by atoms with E-state index in [2.05, 4.69) is 10.6 Å². The van der Waals surface area contributed by atoms with Gasteiger partial charge in [0.15, 0.2) is 0 Å². The van der Waals surface area contributed by atoms with Gasteiger partial charge in [-0.2, -0.15) is 0 Å². The summed E-state index contributed by atoms with van der Waals surface area (Å²) in [5.41, 5.74) is 0.253. The van der Waals surface area contributed by atoms with Gasteiger partial charge in [0.25, 0.3) is 0 Å². The molecule has 1 aromatic rings. The van der Waals surface area contributed by atoms with Crippen LogP contribution in [0.5, 0.6) is 0 Å². The molecule has 0 saturated heterocycles. The van der Waals surface area contributed by atoms with Crippen molar-refractivity contribution in [2.24, 2.45) is 5.92 Å². The first-order valence-electron chi connectivity index (χ1n) is 7.83. The van der Waals surface area contributed by atoms with Crippen LogP contribution in [-0.4, -0.2) is 31.5 Å². The molecule has 6 heteroatoms. The van der Waals surface area contributed by atoms with Crippen LogP contribution < -0.4 is 10.6 Å². The van der Waals surface area contributed by atoms with Gasteiger partial charge in [-0.15, -0.1) is 0 Å². The molecule has 1 amide bonds. The number of benzene rings is 1. The lowest BCUT2D eigenvalue weighted by molar-refractivity contribution is 0.0636. The Kier molecular flexibility index (Phi) is 5.46. The molecule has 2 N–H and O–H groups in total. The maximum Gasteiger partial charge on any atom is 0.412 e. The first-order valence-corrected chi connectivity index (χ1v) is 7.83. The average molecular weight is 324 g/mol. The lowest BCUT2D eigenvalue weighted by atomic mass is 10.1. The third kappa shape index (κ3) is 5.71. The molecule has 0 spiro atoms. The number of hydrogen-bond donors (Lipinski definition) is 2. The second-order valence-electron chi connectivity index (χ2n) is 6.87. The normalized spacial score (nSPS) is 15.9. The summed E-state index contributed by atoms with van der Waals surface area (Å²) in [6, 6.07) is 4.48. The van der Waals surface area contributed by atoms with E-state index in [1.54, 1.807) is 33.9 Å². The lowest BCUT2D eigenvalue weighted by Crippen LogP contribution is -2.28. The molecular formula is C17H25FN2O3. The molecule has 1 aliphatic carbocycles. The summed E-state index contributed by atoms with van der Waals surface area (Å²) in [6.45, 7) is 5.88. The Labute approximate surface area is 136 Å². The van der Waals surface area contributed by atoms with E-state index in [0.717, 1.165) is 12.8 Å². The fraction of sp³-hybridized carbons (Fsp3) is 0.588. The zero-order valence-corrected chi connectivity index (χ0v) is 14.1. The first-order chi connectivity index (χ1) is 10.8.